The van der Waals surface area contributed by atoms with E-state index in [2.05, 4.69) is 0 Å². The van der Waals surface area contributed by atoms with Gasteiger partial charge in [0.15, 0.2) is 5.78 Å². The molecule has 0 amide bonds. The number of hydrogen-bond donors (Lipinski definition) is 1. The lowest BCUT2D eigenvalue weighted by molar-refractivity contribution is -0.129. The summed E-state index contributed by atoms with van der Waals surface area (Å²) in [4.78, 5) is 11.9. The highest BCUT2D eigenvalue weighted by atomic mass is 16.3. The second kappa shape index (κ2) is 6.55. The average Bonchev–Trinajstić information content (AvgIpc) is 2.33. The monoisotopic (exact) mass is 234 g/mol. The van der Waals surface area contributed by atoms with Gasteiger partial charge in [-0.1, -0.05) is 56.5 Å². The average molecular weight is 234 g/mol. The number of aryl methyl sites for hydroxylation is 1. The highest BCUT2D eigenvalue weighted by Crippen LogP contribution is 2.16. The predicted molar refractivity (Wildman–Crippen MR) is 70.0 cm³/mol. The Labute approximate surface area is 104 Å². The fourth-order valence-corrected chi connectivity index (χ4v) is 2.01. The first-order valence-corrected chi connectivity index (χ1v) is 6.34. The van der Waals surface area contributed by atoms with E-state index in [1.165, 1.54) is 5.56 Å². The number of rotatable bonds is 6. The van der Waals surface area contributed by atoms with Crippen LogP contribution in [0.1, 0.15) is 37.8 Å². The summed E-state index contributed by atoms with van der Waals surface area (Å²) in [5, 5.41) is 9.94. The lowest BCUT2D eigenvalue weighted by Gasteiger charge is -2.18. The molecule has 1 atom stereocenters. The lowest BCUT2D eigenvalue weighted by Crippen LogP contribution is -2.30. The van der Waals surface area contributed by atoms with Gasteiger partial charge in [-0.2, -0.15) is 0 Å². The van der Waals surface area contributed by atoms with Gasteiger partial charge in [0.2, 0.25) is 0 Å². The Bertz CT molecular complexity index is 350. The third-order valence-electron chi connectivity index (χ3n) is 3.32. The van der Waals surface area contributed by atoms with Crippen molar-refractivity contribution in [3.63, 3.8) is 0 Å². The van der Waals surface area contributed by atoms with Crippen LogP contribution in [0, 0.1) is 12.8 Å². The molecule has 94 valence electrons. The van der Waals surface area contributed by atoms with Crippen LogP contribution in [0.25, 0.3) is 0 Å². The fourth-order valence-electron chi connectivity index (χ4n) is 2.01. The molecule has 0 spiro atoms. The molecule has 2 heteroatoms. The molecule has 2 nitrogen and oxygen atoms in total. The summed E-state index contributed by atoms with van der Waals surface area (Å²) in [6.45, 7) is 6.04. The molecule has 1 aromatic carbocycles. The Morgan fingerprint density at radius 3 is 2.18 bits per heavy atom. The first-order chi connectivity index (χ1) is 8.08. The van der Waals surface area contributed by atoms with E-state index in [4.69, 9.17) is 0 Å². The molecular weight excluding hydrogens is 212 g/mol. The van der Waals surface area contributed by atoms with Crippen molar-refractivity contribution in [3.8, 4) is 0 Å². The number of carbonyl (C=O) groups excluding carboxylic acids is 1. The van der Waals surface area contributed by atoms with E-state index in [1.807, 2.05) is 45.0 Å². The van der Waals surface area contributed by atoms with Crippen molar-refractivity contribution in [2.45, 2.75) is 46.1 Å². The van der Waals surface area contributed by atoms with Crippen molar-refractivity contribution in [1.29, 1.82) is 0 Å². The van der Waals surface area contributed by atoms with Gasteiger partial charge in [-0.05, 0) is 18.4 Å². The van der Waals surface area contributed by atoms with Crippen LogP contribution < -0.4 is 0 Å². The van der Waals surface area contributed by atoms with Gasteiger partial charge in [0, 0.05) is 6.42 Å². The zero-order valence-electron chi connectivity index (χ0n) is 10.9. The number of ketones is 1. The first-order valence-electron chi connectivity index (χ1n) is 6.34. The van der Waals surface area contributed by atoms with Crippen LogP contribution in [0.2, 0.25) is 0 Å². The van der Waals surface area contributed by atoms with Crippen LogP contribution in [0.4, 0.5) is 0 Å². The van der Waals surface area contributed by atoms with Gasteiger partial charge >= 0.3 is 0 Å². The first kappa shape index (κ1) is 13.9. The minimum atomic E-state index is -0.814. The maximum atomic E-state index is 11.9. The Morgan fingerprint density at radius 1 is 1.18 bits per heavy atom. The fraction of sp³-hybridized carbons (Fsp3) is 0.533. The molecule has 0 fully saturated rings. The largest absolute Gasteiger partial charge is 0.385 e. The second-order valence-corrected chi connectivity index (χ2v) is 4.65. The van der Waals surface area contributed by atoms with Gasteiger partial charge < -0.3 is 5.11 Å². The molecule has 0 radical (unpaired) electrons. The highest BCUT2D eigenvalue weighted by molar-refractivity contribution is 5.85. The Hall–Kier alpha value is -1.15. The molecule has 1 aromatic rings. The van der Waals surface area contributed by atoms with E-state index in [1.54, 1.807) is 0 Å². The Kier molecular flexibility index (Phi) is 5.36. The maximum Gasteiger partial charge on any atom is 0.165 e. The number of aliphatic hydroxyl groups excluding tert-OH is 1. The Morgan fingerprint density at radius 2 is 1.71 bits per heavy atom. The summed E-state index contributed by atoms with van der Waals surface area (Å²) >= 11 is 0. The molecule has 17 heavy (non-hydrogen) atoms. The van der Waals surface area contributed by atoms with Crippen molar-refractivity contribution in [1.82, 2.24) is 0 Å². The molecule has 0 aliphatic carbocycles. The number of aliphatic hydroxyl groups is 1. The van der Waals surface area contributed by atoms with Crippen molar-refractivity contribution >= 4 is 5.78 Å². The SMILES string of the molecule is CCC(CC)C(O)C(=O)Cc1ccc(C)cc1. The van der Waals surface area contributed by atoms with E-state index in [0.717, 1.165) is 18.4 Å². The third-order valence-corrected chi connectivity index (χ3v) is 3.32. The van der Waals surface area contributed by atoms with E-state index >= 15 is 0 Å². The number of Topliss-reactive ketones (excluding diaryl/α,β-unsaturated/α-hetero) is 1. The van der Waals surface area contributed by atoms with Gasteiger partial charge in [-0.3, -0.25) is 4.79 Å². The van der Waals surface area contributed by atoms with Gasteiger partial charge in [0.05, 0.1) is 0 Å². The van der Waals surface area contributed by atoms with Crippen LogP contribution in [0.3, 0.4) is 0 Å². The van der Waals surface area contributed by atoms with Gasteiger partial charge in [0.1, 0.15) is 6.10 Å². The quantitative estimate of drug-likeness (QED) is 0.821. The van der Waals surface area contributed by atoms with E-state index < -0.39 is 6.10 Å². The zero-order valence-corrected chi connectivity index (χ0v) is 10.9. The van der Waals surface area contributed by atoms with Crippen LogP contribution in [-0.4, -0.2) is 17.0 Å². The minimum absolute atomic E-state index is 0.0671. The number of benzene rings is 1. The van der Waals surface area contributed by atoms with Gasteiger partial charge in [-0.15, -0.1) is 0 Å². The molecule has 0 aliphatic rings. The topological polar surface area (TPSA) is 37.3 Å². The summed E-state index contributed by atoms with van der Waals surface area (Å²) in [5.41, 5.74) is 2.16. The molecule has 0 heterocycles. The minimum Gasteiger partial charge on any atom is -0.385 e. The molecule has 0 aliphatic heterocycles. The normalized spacial score (nSPS) is 12.8. The van der Waals surface area contributed by atoms with Crippen molar-refractivity contribution < 1.29 is 9.90 Å². The molecule has 0 bridgehead atoms. The van der Waals surface area contributed by atoms with Gasteiger partial charge in [0.25, 0.3) is 0 Å². The van der Waals surface area contributed by atoms with Gasteiger partial charge in [-0.25, -0.2) is 0 Å². The van der Waals surface area contributed by atoms with Crippen molar-refractivity contribution in [2.75, 3.05) is 0 Å². The van der Waals surface area contributed by atoms with Crippen LogP contribution in [-0.2, 0) is 11.2 Å². The smallest absolute Gasteiger partial charge is 0.165 e. The molecule has 1 N–H and O–H groups in total. The lowest BCUT2D eigenvalue weighted by atomic mass is 9.91. The summed E-state index contributed by atoms with van der Waals surface area (Å²) in [5.74, 6) is 0.0236. The summed E-state index contributed by atoms with van der Waals surface area (Å²) < 4.78 is 0. The third kappa shape index (κ3) is 3.97. The second-order valence-electron chi connectivity index (χ2n) is 4.65. The molecular formula is C15H22O2. The molecule has 1 unspecified atom stereocenters. The standard InChI is InChI=1S/C15H22O2/c1-4-13(5-2)15(17)14(16)10-12-8-6-11(3)7-9-12/h6-9,13,15,17H,4-5,10H2,1-3H3. The maximum absolute atomic E-state index is 11.9. The van der Waals surface area contributed by atoms with Crippen molar-refractivity contribution in [3.05, 3.63) is 35.4 Å². The summed E-state index contributed by atoms with van der Waals surface area (Å²) in [6.07, 6.45) is 1.21. The van der Waals surface area contributed by atoms with E-state index in [0.29, 0.717) is 6.42 Å². The molecule has 0 aromatic heterocycles. The predicted octanol–water partition coefficient (Wildman–Crippen LogP) is 2.90. The molecule has 0 saturated carbocycles. The van der Waals surface area contributed by atoms with Crippen LogP contribution in [0.5, 0.6) is 0 Å². The Balaban J connectivity index is 2.62. The molecule has 0 saturated heterocycles. The molecule has 1 rings (SSSR count). The van der Waals surface area contributed by atoms with Crippen molar-refractivity contribution in [2.24, 2.45) is 5.92 Å². The van der Waals surface area contributed by atoms with E-state index in [9.17, 15) is 9.90 Å². The summed E-state index contributed by atoms with van der Waals surface area (Å²) in [7, 11) is 0. The number of hydrogen-bond acceptors (Lipinski definition) is 2. The number of carbonyl (C=O) groups is 1. The zero-order chi connectivity index (χ0) is 12.8. The van der Waals surface area contributed by atoms with Crippen LogP contribution in [0.15, 0.2) is 24.3 Å². The van der Waals surface area contributed by atoms with Crippen LogP contribution >= 0.6 is 0 Å². The summed E-state index contributed by atoms with van der Waals surface area (Å²) in [6, 6.07) is 7.89. The highest BCUT2D eigenvalue weighted by Gasteiger charge is 2.22. The van der Waals surface area contributed by atoms with E-state index in [-0.39, 0.29) is 11.7 Å².